The normalized spacial score (nSPS) is 26.2. The van der Waals surface area contributed by atoms with Gasteiger partial charge in [-0.05, 0) is 37.1 Å². The Morgan fingerprint density at radius 2 is 1.95 bits per heavy atom. The van der Waals surface area contributed by atoms with Crippen LogP contribution in [0, 0.1) is 5.82 Å². The van der Waals surface area contributed by atoms with Crippen molar-refractivity contribution in [2.75, 3.05) is 32.8 Å². The minimum absolute atomic E-state index is 0.0557. The van der Waals surface area contributed by atoms with Gasteiger partial charge in [-0.1, -0.05) is 0 Å². The standard InChI is InChI=1S/C17H22FNO3/c18-14-5-3-13(4-6-14)15(20)7-8-19-9-11-22-17(12-19)16-2-1-10-21-16/h3-6,16-17H,1-2,7-12H2/t16-,17+/m1/s1. The summed E-state index contributed by atoms with van der Waals surface area (Å²) in [5.41, 5.74) is 0.574. The third-order valence-corrected chi connectivity index (χ3v) is 4.38. The van der Waals surface area contributed by atoms with E-state index in [0.29, 0.717) is 25.1 Å². The monoisotopic (exact) mass is 307 g/mol. The van der Waals surface area contributed by atoms with E-state index < -0.39 is 0 Å². The predicted octanol–water partition coefficient (Wildman–Crippen LogP) is 2.28. The first-order valence-electron chi connectivity index (χ1n) is 7.97. The Morgan fingerprint density at radius 1 is 1.18 bits per heavy atom. The number of hydrogen-bond donors (Lipinski definition) is 0. The van der Waals surface area contributed by atoms with E-state index in [4.69, 9.17) is 9.47 Å². The van der Waals surface area contributed by atoms with E-state index in [1.165, 1.54) is 12.1 Å². The minimum atomic E-state index is -0.316. The van der Waals surface area contributed by atoms with E-state index in [9.17, 15) is 9.18 Å². The summed E-state index contributed by atoms with van der Waals surface area (Å²) < 4.78 is 24.4. The number of Topliss-reactive ketones (excluding diaryl/α,β-unsaturated/α-hetero) is 1. The molecule has 22 heavy (non-hydrogen) atoms. The molecule has 4 nitrogen and oxygen atoms in total. The van der Waals surface area contributed by atoms with Gasteiger partial charge in [0.2, 0.25) is 0 Å². The van der Waals surface area contributed by atoms with Crippen LogP contribution in [0.4, 0.5) is 4.39 Å². The fourth-order valence-corrected chi connectivity index (χ4v) is 3.10. The fourth-order valence-electron chi connectivity index (χ4n) is 3.10. The van der Waals surface area contributed by atoms with E-state index in [-0.39, 0.29) is 23.8 Å². The summed E-state index contributed by atoms with van der Waals surface area (Å²) in [5, 5.41) is 0. The summed E-state index contributed by atoms with van der Waals surface area (Å²) in [4.78, 5) is 14.4. The van der Waals surface area contributed by atoms with Gasteiger partial charge in [-0.15, -0.1) is 0 Å². The van der Waals surface area contributed by atoms with Gasteiger partial charge in [0, 0.05) is 38.2 Å². The van der Waals surface area contributed by atoms with Crippen LogP contribution in [0.25, 0.3) is 0 Å². The highest BCUT2D eigenvalue weighted by atomic mass is 19.1. The lowest BCUT2D eigenvalue weighted by molar-refractivity contribution is -0.0939. The summed E-state index contributed by atoms with van der Waals surface area (Å²) in [5.74, 6) is -0.260. The molecule has 0 spiro atoms. The quantitative estimate of drug-likeness (QED) is 0.782. The first-order chi connectivity index (χ1) is 10.7. The molecule has 1 aromatic rings. The van der Waals surface area contributed by atoms with E-state index in [1.807, 2.05) is 0 Å². The maximum Gasteiger partial charge on any atom is 0.164 e. The van der Waals surface area contributed by atoms with Gasteiger partial charge in [-0.25, -0.2) is 4.39 Å². The molecule has 2 saturated heterocycles. The molecule has 5 heteroatoms. The van der Waals surface area contributed by atoms with Gasteiger partial charge in [0.25, 0.3) is 0 Å². The number of carbonyl (C=O) groups is 1. The molecular formula is C17H22FNO3. The van der Waals surface area contributed by atoms with Crippen LogP contribution in [-0.4, -0.2) is 55.7 Å². The molecule has 0 unspecified atom stereocenters. The van der Waals surface area contributed by atoms with Crippen LogP contribution >= 0.6 is 0 Å². The molecule has 0 amide bonds. The van der Waals surface area contributed by atoms with Gasteiger partial charge < -0.3 is 9.47 Å². The van der Waals surface area contributed by atoms with Gasteiger partial charge in [0.15, 0.2) is 5.78 Å². The highest BCUT2D eigenvalue weighted by Gasteiger charge is 2.31. The molecule has 0 N–H and O–H groups in total. The summed E-state index contributed by atoms with van der Waals surface area (Å²) in [6.07, 6.45) is 2.94. The van der Waals surface area contributed by atoms with Crippen LogP contribution in [0.15, 0.2) is 24.3 Å². The largest absolute Gasteiger partial charge is 0.375 e. The summed E-state index contributed by atoms with van der Waals surface area (Å²) in [7, 11) is 0. The molecule has 2 heterocycles. The average Bonchev–Trinajstić information content (AvgIpc) is 3.08. The Bertz CT molecular complexity index is 499. The number of hydrogen-bond acceptors (Lipinski definition) is 4. The van der Waals surface area contributed by atoms with E-state index >= 15 is 0 Å². The van der Waals surface area contributed by atoms with E-state index in [0.717, 1.165) is 32.5 Å². The lowest BCUT2D eigenvalue weighted by atomic mass is 10.1. The van der Waals surface area contributed by atoms with Crippen molar-refractivity contribution in [3.8, 4) is 0 Å². The van der Waals surface area contributed by atoms with Crippen molar-refractivity contribution in [3.05, 3.63) is 35.6 Å². The number of benzene rings is 1. The molecule has 0 saturated carbocycles. The Kier molecular flexibility index (Phi) is 5.18. The number of ether oxygens (including phenoxy) is 2. The van der Waals surface area contributed by atoms with Crippen molar-refractivity contribution < 1.29 is 18.7 Å². The zero-order valence-electron chi connectivity index (χ0n) is 12.7. The number of halogens is 1. The van der Waals surface area contributed by atoms with Gasteiger partial charge >= 0.3 is 0 Å². The molecule has 0 aliphatic carbocycles. The molecule has 2 aliphatic heterocycles. The minimum Gasteiger partial charge on any atom is -0.375 e. The third-order valence-electron chi connectivity index (χ3n) is 4.38. The number of ketones is 1. The van der Waals surface area contributed by atoms with Gasteiger partial charge in [-0.2, -0.15) is 0 Å². The second-order valence-electron chi connectivity index (χ2n) is 5.94. The lowest BCUT2D eigenvalue weighted by Gasteiger charge is -2.35. The van der Waals surface area contributed by atoms with Crippen molar-refractivity contribution in [1.29, 1.82) is 0 Å². The first-order valence-corrected chi connectivity index (χ1v) is 7.97. The van der Waals surface area contributed by atoms with Crippen LogP contribution in [0.1, 0.15) is 29.6 Å². The number of carbonyl (C=O) groups excluding carboxylic acids is 1. The SMILES string of the molecule is O=C(CCN1CCO[C@H]([C@H]2CCCO2)C1)c1ccc(F)cc1. The highest BCUT2D eigenvalue weighted by molar-refractivity contribution is 5.96. The maximum atomic E-state index is 12.9. The van der Waals surface area contributed by atoms with E-state index in [2.05, 4.69) is 4.90 Å². The topological polar surface area (TPSA) is 38.8 Å². The van der Waals surface area contributed by atoms with Gasteiger partial charge in [-0.3, -0.25) is 9.69 Å². The lowest BCUT2D eigenvalue weighted by Crippen LogP contribution is -2.48. The zero-order chi connectivity index (χ0) is 15.4. The summed E-state index contributed by atoms with van der Waals surface area (Å²) >= 11 is 0. The summed E-state index contributed by atoms with van der Waals surface area (Å²) in [6.45, 7) is 3.90. The zero-order valence-corrected chi connectivity index (χ0v) is 12.7. The fraction of sp³-hybridized carbons (Fsp3) is 0.588. The Morgan fingerprint density at radius 3 is 2.68 bits per heavy atom. The molecule has 2 fully saturated rings. The third kappa shape index (κ3) is 3.91. The summed E-state index contributed by atoms with van der Waals surface area (Å²) in [6, 6.07) is 5.75. The van der Waals surface area contributed by atoms with Crippen molar-refractivity contribution in [2.45, 2.75) is 31.5 Å². The second kappa shape index (κ2) is 7.31. The maximum absolute atomic E-state index is 12.9. The molecule has 0 radical (unpaired) electrons. The second-order valence-corrected chi connectivity index (χ2v) is 5.94. The molecule has 0 bridgehead atoms. The van der Waals surface area contributed by atoms with Crippen LogP contribution < -0.4 is 0 Å². The van der Waals surface area contributed by atoms with Crippen LogP contribution in [0.3, 0.4) is 0 Å². The van der Waals surface area contributed by atoms with Gasteiger partial charge in [0.05, 0.1) is 18.8 Å². The molecule has 1 aromatic carbocycles. The van der Waals surface area contributed by atoms with Crippen LogP contribution in [-0.2, 0) is 9.47 Å². The Labute approximate surface area is 130 Å². The molecule has 0 aromatic heterocycles. The Hall–Kier alpha value is -1.30. The van der Waals surface area contributed by atoms with Crippen LogP contribution in [0.2, 0.25) is 0 Å². The van der Waals surface area contributed by atoms with E-state index in [1.54, 1.807) is 12.1 Å². The molecular weight excluding hydrogens is 285 g/mol. The smallest absolute Gasteiger partial charge is 0.164 e. The average molecular weight is 307 g/mol. The predicted molar refractivity (Wildman–Crippen MR) is 80.5 cm³/mol. The van der Waals surface area contributed by atoms with Crippen LogP contribution in [0.5, 0.6) is 0 Å². The number of morpholine rings is 1. The Balaban J connectivity index is 1.48. The van der Waals surface area contributed by atoms with Crippen molar-refractivity contribution in [2.24, 2.45) is 0 Å². The first kappa shape index (κ1) is 15.6. The number of nitrogens with zero attached hydrogens (tertiary/aromatic N) is 1. The van der Waals surface area contributed by atoms with Gasteiger partial charge in [0.1, 0.15) is 5.82 Å². The van der Waals surface area contributed by atoms with Crippen molar-refractivity contribution in [3.63, 3.8) is 0 Å². The van der Waals surface area contributed by atoms with Crippen molar-refractivity contribution in [1.82, 2.24) is 4.90 Å². The molecule has 3 rings (SSSR count). The molecule has 120 valence electrons. The number of rotatable bonds is 5. The van der Waals surface area contributed by atoms with Crippen molar-refractivity contribution >= 4 is 5.78 Å². The molecule has 2 aliphatic rings. The molecule has 2 atom stereocenters. The highest BCUT2D eigenvalue weighted by Crippen LogP contribution is 2.21.